The van der Waals surface area contributed by atoms with Crippen molar-refractivity contribution < 1.29 is 9.21 Å². The summed E-state index contributed by atoms with van der Waals surface area (Å²) < 4.78 is 5.79. The fourth-order valence-electron chi connectivity index (χ4n) is 2.66. The predicted molar refractivity (Wildman–Crippen MR) is 115 cm³/mol. The van der Waals surface area contributed by atoms with E-state index in [0.29, 0.717) is 23.5 Å². The number of carbonyl (C=O) groups excluding carboxylic acids is 1. The molecule has 8 nitrogen and oxygen atoms in total. The van der Waals surface area contributed by atoms with Gasteiger partial charge in [-0.25, -0.2) is 9.97 Å². The van der Waals surface area contributed by atoms with Gasteiger partial charge < -0.3 is 15.1 Å². The summed E-state index contributed by atoms with van der Waals surface area (Å²) in [6.07, 6.45) is 3.39. The first-order chi connectivity index (χ1) is 14.7. The van der Waals surface area contributed by atoms with Crippen LogP contribution in [0.4, 0.5) is 17.5 Å². The summed E-state index contributed by atoms with van der Waals surface area (Å²) in [5.74, 6) is 1.39. The van der Waals surface area contributed by atoms with Crippen LogP contribution in [0, 0.1) is 0 Å². The number of amides is 1. The minimum absolute atomic E-state index is 0.157. The molecule has 0 unspecified atom stereocenters. The molecule has 0 saturated carbocycles. The quantitative estimate of drug-likeness (QED) is 0.422. The standard InChI is InChI=1S/C21H18N6O2S/c1-14(28)24-18-12-15(9-11-22-18)13-30-20-17(8-5-10-23-20)19-26-27-21(29-19)25-16-6-3-2-4-7-16/h2-12H,13H2,1H3,(H,25,27)(H,22,24,28). The molecular weight excluding hydrogens is 400 g/mol. The number of hydrogen-bond donors (Lipinski definition) is 2. The first kappa shape index (κ1) is 19.6. The van der Waals surface area contributed by atoms with Gasteiger partial charge in [-0.05, 0) is 42.0 Å². The van der Waals surface area contributed by atoms with Crippen molar-refractivity contribution in [1.82, 2.24) is 20.2 Å². The number of thioether (sulfide) groups is 1. The Morgan fingerprint density at radius 2 is 1.90 bits per heavy atom. The van der Waals surface area contributed by atoms with Crippen molar-refractivity contribution in [2.45, 2.75) is 17.7 Å². The van der Waals surface area contributed by atoms with Crippen molar-refractivity contribution in [2.75, 3.05) is 10.6 Å². The van der Waals surface area contributed by atoms with Gasteiger partial charge in [0.25, 0.3) is 5.89 Å². The number of para-hydroxylation sites is 1. The van der Waals surface area contributed by atoms with Gasteiger partial charge in [-0.3, -0.25) is 4.79 Å². The molecular formula is C21H18N6O2S. The maximum Gasteiger partial charge on any atom is 0.320 e. The van der Waals surface area contributed by atoms with Gasteiger partial charge in [0.2, 0.25) is 5.91 Å². The molecule has 3 heterocycles. The van der Waals surface area contributed by atoms with Crippen molar-refractivity contribution in [3.8, 4) is 11.5 Å². The van der Waals surface area contributed by atoms with E-state index in [0.717, 1.165) is 21.8 Å². The number of hydrogen-bond acceptors (Lipinski definition) is 8. The fourth-order valence-corrected chi connectivity index (χ4v) is 3.59. The van der Waals surface area contributed by atoms with Gasteiger partial charge in [0.15, 0.2) is 0 Å². The van der Waals surface area contributed by atoms with E-state index < -0.39 is 0 Å². The normalized spacial score (nSPS) is 10.6. The van der Waals surface area contributed by atoms with Crippen molar-refractivity contribution in [3.63, 3.8) is 0 Å². The molecule has 1 aromatic carbocycles. The van der Waals surface area contributed by atoms with Crippen LogP contribution in [0.2, 0.25) is 0 Å². The van der Waals surface area contributed by atoms with Crippen molar-refractivity contribution in [2.24, 2.45) is 0 Å². The van der Waals surface area contributed by atoms with Crippen LogP contribution in [0.3, 0.4) is 0 Å². The van der Waals surface area contributed by atoms with E-state index in [-0.39, 0.29) is 5.91 Å². The average molecular weight is 418 g/mol. The van der Waals surface area contributed by atoms with E-state index in [4.69, 9.17) is 4.42 Å². The molecule has 0 bridgehead atoms. The van der Waals surface area contributed by atoms with E-state index in [2.05, 4.69) is 30.8 Å². The highest BCUT2D eigenvalue weighted by Gasteiger charge is 2.14. The largest absolute Gasteiger partial charge is 0.403 e. The molecule has 0 aliphatic heterocycles. The maximum atomic E-state index is 11.2. The monoisotopic (exact) mass is 418 g/mol. The summed E-state index contributed by atoms with van der Waals surface area (Å²) >= 11 is 1.54. The van der Waals surface area contributed by atoms with Crippen LogP contribution in [-0.4, -0.2) is 26.1 Å². The molecule has 0 aliphatic carbocycles. The zero-order valence-electron chi connectivity index (χ0n) is 16.1. The Labute approximate surface area is 177 Å². The number of anilines is 3. The minimum Gasteiger partial charge on any atom is -0.403 e. The van der Waals surface area contributed by atoms with Gasteiger partial charge in [-0.1, -0.05) is 23.3 Å². The lowest BCUT2D eigenvalue weighted by Crippen LogP contribution is -2.07. The van der Waals surface area contributed by atoms with Gasteiger partial charge in [0.05, 0.1) is 5.56 Å². The Hall–Kier alpha value is -3.72. The number of benzene rings is 1. The summed E-state index contributed by atoms with van der Waals surface area (Å²) in [7, 11) is 0. The highest BCUT2D eigenvalue weighted by Crippen LogP contribution is 2.32. The van der Waals surface area contributed by atoms with Crippen LogP contribution in [0.1, 0.15) is 12.5 Å². The van der Waals surface area contributed by atoms with E-state index in [9.17, 15) is 4.79 Å². The first-order valence-electron chi connectivity index (χ1n) is 9.13. The average Bonchev–Trinajstić information content (AvgIpc) is 3.21. The number of aromatic nitrogens is 4. The molecule has 0 atom stereocenters. The van der Waals surface area contributed by atoms with Gasteiger partial charge in [-0.15, -0.1) is 16.9 Å². The third-order valence-corrected chi connectivity index (χ3v) is 5.03. The molecule has 4 aromatic rings. The second kappa shape index (κ2) is 9.19. The van der Waals surface area contributed by atoms with Crippen LogP contribution in [0.25, 0.3) is 11.5 Å². The third kappa shape index (κ3) is 5.00. The molecule has 2 N–H and O–H groups in total. The van der Waals surface area contributed by atoms with Crippen LogP contribution >= 0.6 is 11.8 Å². The van der Waals surface area contributed by atoms with Crippen LogP contribution in [0.15, 0.2) is 76.4 Å². The molecule has 1 amide bonds. The highest BCUT2D eigenvalue weighted by atomic mass is 32.2. The lowest BCUT2D eigenvalue weighted by atomic mass is 10.3. The van der Waals surface area contributed by atoms with Crippen molar-refractivity contribution >= 4 is 35.2 Å². The minimum atomic E-state index is -0.157. The number of rotatable bonds is 7. The Kier molecular flexibility index (Phi) is 6.00. The molecule has 4 rings (SSSR count). The Balaban J connectivity index is 1.49. The molecule has 0 spiro atoms. The van der Waals surface area contributed by atoms with Crippen molar-refractivity contribution in [3.05, 3.63) is 72.6 Å². The summed E-state index contributed by atoms with van der Waals surface area (Å²) in [4.78, 5) is 19.8. The lowest BCUT2D eigenvalue weighted by Gasteiger charge is -2.07. The summed E-state index contributed by atoms with van der Waals surface area (Å²) in [6.45, 7) is 1.45. The van der Waals surface area contributed by atoms with E-state index in [1.165, 1.54) is 18.7 Å². The van der Waals surface area contributed by atoms with E-state index in [1.807, 2.05) is 54.6 Å². The van der Waals surface area contributed by atoms with Gasteiger partial charge in [0.1, 0.15) is 10.8 Å². The fraction of sp³-hybridized carbons (Fsp3) is 0.0952. The molecule has 0 radical (unpaired) electrons. The zero-order chi connectivity index (χ0) is 20.8. The lowest BCUT2D eigenvalue weighted by molar-refractivity contribution is -0.114. The SMILES string of the molecule is CC(=O)Nc1cc(CSc2ncccc2-c2nnc(Nc3ccccc3)o2)ccn1. The summed E-state index contributed by atoms with van der Waals surface area (Å²) in [6, 6.07) is 17.4. The van der Waals surface area contributed by atoms with Crippen LogP contribution < -0.4 is 10.6 Å². The molecule has 0 aliphatic rings. The molecule has 0 fully saturated rings. The topological polar surface area (TPSA) is 106 Å². The number of nitrogens with one attached hydrogen (secondary N) is 2. The predicted octanol–water partition coefficient (Wildman–Crippen LogP) is 4.52. The van der Waals surface area contributed by atoms with Gasteiger partial charge >= 0.3 is 6.01 Å². The first-order valence-corrected chi connectivity index (χ1v) is 10.1. The molecule has 0 saturated heterocycles. The number of carbonyl (C=O) groups is 1. The second-order valence-electron chi connectivity index (χ2n) is 6.28. The Morgan fingerprint density at radius 3 is 2.73 bits per heavy atom. The molecule has 9 heteroatoms. The highest BCUT2D eigenvalue weighted by molar-refractivity contribution is 7.98. The smallest absolute Gasteiger partial charge is 0.320 e. The zero-order valence-corrected chi connectivity index (χ0v) is 16.9. The number of nitrogens with zero attached hydrogens (tertiary/aromatic N) is 4. The van der Waals surface area contributed by atoms with Gasteiger partial charge in [0, 0.05) is 30.8 Å². The maximum absolute atomic E-state index is 11.2. The Morgan fingerprint density at radius 1 is 1.03 bits per heavy atom. The number of pyridine rings is 2. The van der Waals surface area contributed by atoms with E-state index in [1.54, 1.807) is 12.4 Å². The summed E-state index contributed by atoms with van der Waals surface area (Å²) in [5, 5.41) is 14.8. The van der Waals surface area contributed by atoms with Crippen LogP contribution in [0.5, 0.6) is 0 Å². The van der Waals surface area contributed by atoms with Crippen molar-refractivity contribution in [1.29, 1.82) is 0 Å². The molecule has 30 heavy (non-hydrogen) atoms. The Bertz CT molecular complexity index is 1150. The van der Waals surface area contributed by atoms with Crippen LogP contribution in [-0.2, 0) is 10.5 Å². The second-order valence-corrected chi connectivity index (χ2v) is 7.24. The van der Waals surface area contributed by atoms with Gasteiger partial charge in [-0.2, -0.15) is 0 Å². The summed E-state index contributed by atoms with van der Waals surface area (Å²) in [5.41, 5.74) is 2.63. The molecule has 3 aromatic heterocycles. The van der Waals surface area contributed by atoms with E-state index >= 15 is 0 Å². The third-order valence-electron chi connectivity index (χ3n) is 3.96. The molecule has 150 valence electrons.